The molecule has 1 saturated heterocycles. The molecular formula is C15H22FN3O3. The highest BCUT2D eigenvalue weighted by Gasteiger charge is 2.47. The van der Waals surface area contributed by atoms with Crippen molar-refractivity contribution in [3.63, 3.8) is 0 Å². The van der Waals surface area contributed by atoms with E-state index >= 15 is 0 Å². The number of alkyl halides is 1. The minimum Gasteiger partial charge on any atom is -0.479 e. The van der Waals surface area contributed by atoms with E-state index in [0.717, 1.165) is 5.69 Å². The lowest BCUT2D eigenvalue weighted by Crippen LogP contribution is -2.39. The van der Waals surface area contributed by atoms with Crippen LogP contribution in [0.1, 0.15) is 43.2 Å². The SMILES string of the molecule is CCc1c(C(=O)N2CCC(F)(C(=O)O)C2)cnn1CC(C)C. The van der Waals surface area contributed by atoms with Crippen LogP contribution < -0.4 is 0 Å². The number of carboxylic acids is 1. The fourth-order valence-corrected chi connectivity index (χ4v) is 2.76. The summed E-state index contributed by atoms with van der Waals surface area (Å²) in [6.07, 6.45) is 1.97. The topological polar surface area (TPSA) is 75.4 Å². The standard InChI is InChI=1S/C15H22FN3O3/c1-4-12-11(7-17-19(12)8-10(2)3)13(20)18-6-5-15(16,9-18)14(21)22/h7,10H,4-6,8-9H2,1-3H3,(H,21,22). The number of aromatic nitrogens is 2. The molecule has 7 heteroatoms. The van der Waals surface area contributed by atoms with Crippen molar-refractivity contribution in [3.05, 3.63) is 17.5 Å². The summed E-state index contributed by atoms with van der Waals surface area (Å²) in [5.41, 5.74) is -1.08. The van der Waals surface area contributed by atoms with Crippen LogP contribution in [0.4, 0.5) is 4.39 Å². The number of carbonyl (C=O) groups excluding carboxylic acids is 1. The van der Waals surface area contributed by atoms with Crippen LogP contribution in [0.25, 0.3) is 0 Å². The first-order valence-corrected chi connectivity index (χ1v) is 7.54. The van der Waals surface area contributed by atoms with E-state index in [9.17, 15) is 14.0 Å². The molecule has 1 aromatic heterocycles. The lowest BCUT2D eigenvalue weighted by molar-refractivity contribution is -0.149. The van der Waals surface area contributed by atoms with Gasteiger partial charge in [0, 0.05) is 19.5 Å². The maximum atomic E-state index is 14.1. The van der Waals surface area contributed by atoms with Gasteiger partial charge in [0.2, 0.25) is 5.67 Å². The highest BCUT2D eigenvalue weighted by Crippen LogP contribution is 2.27. The summed E-state index contributed by atoms with van der Waals surface area (Å²) in [6.45, 7) is 6.48. The van der Waals surface area contributed by atoms with E-state index in [1.54, 1.807) is 4.68 Å². The van der Waals surface area contributed by atoms with Crippen molar-refractivity contribution in [2.75, 3.05) is 13.1 Å². The van der Waals surface area contributed by atoms with E-state index in [4.69, 9.17) is 5.11 Å². The molecule has 2 rings (SSSR count). The first kappa shape index (κ1) is 16.5. The second kappa shape index (κ2) is 6.06. The van der Waals surface area contributed by atoms with Crippen molar-refractivity contribution in [3.8, 4) is 0 Å². The summed E-state index contributed by atoms with van der Waals surface area (Å²) in [5.74, 6) is -1.45. The Morgan fingerprint density at radius 1 is 1.50 bits per heavy atom. The number of rotatable bonds is 5. The van der Waals surface area contributed by atoms with Crippen molar-refractivity contribution in [1.29, 1.82) is 0 Å². The molecule has 0 aliphatic carbocycles. The van der Waals surface area contributed by atoms with Crippen LogP contribution in [0.5, 0.6) is 0 Å². The van der Waals surface area contributed by atoms with Crippen LogP contribution >= 0.6 is 0 Å². The van der Waals surface area contributed by atoms with Gasteiger partial charge < -0.3 is 10.0 Å². The molecule has 1 unspecified atom stereocenters. The van der Waals surface area contributed by atoms with Gasteiger partial charge in [-0.1, -0.05) is 20.8 Å². The number of nitrogens with zero attached hydrogens (tertiary/aromatic N) is 3. The molecule has 1 aliphatic heterocycles. The molecule has 0 saturated carbocycles. The van der Waals surface area contributed by atoms with E-state index in [-0.39, 0.29) is 18.9 Å². The number of halogens is 1. The number of carboxylic acid groups (broad SMARTS) is 1. The van der Waals surface area contributed by atoms with Crippen LogP contribution in [0.2, 0.25) is 0 Å². The third-order valence-electron chi connectivity index (χ3n) is 3.94. The van der Waals surface area contributed by atoms with Crippen LogP contribution in [0, 0.1) is 5.92 Å². The first-order chi connectivity index (χ1) is 10.3. The third-order valence-corrected chi connectivity index (χ3v) is 3.94. The highest BCUT2D eigenvalue weighted by atomic mass is 19.1. The molecule has 0 spiro atoms. The smallest absolute Gasteiger partial charge is 0.343 e. The van der Waals surface area contributed by atoms with Crippen LogP contribution in [-0.2, 0) is 17.8 Å². The van der Waals surface area contributed by atoms with E-state index in [1.807, 2.05) is 6.92 Å². The van der Waals surface area contributed by atoms with Gasteiger partial charge in [0.15, 0.2) is 0 Å². The molecule has 1 aliphatic rings. The van der Waals surface area contributed by atoms with Gasteiger partial charge in [-0.3, -0.25) is 9.48 Å². The minimum absolute atomic E-state index is 0.111. The van der Waals surface area contributed by atoms with Crippen molar-refractivity contribution in [1.82, 2.24) is 14.7 Å². The summed E-state index contributed by atoms with van der Waals surface area (Å²) in [5, 5.41) is 13.2. The van der Waals surface area contributed by atoms with E-state index in [1.165, 1.54) is 11.1 Å². The van der Waals surface area contributed by atoms with Crippen molar-refractivity contribution >= 4 is 11.9 Å². The Balaban J connectivity index is 2.20. The molecule has 0 radical (unpaired) electrons. The fourth-order valence-electron chi connectivity index (χ4n) is 2.76. The zero-order valence-corrected chi connectivity index (χ0v) is 13.2. The molecule has 1 amide bonds. The van der Waals surface area contributed by atoms with E-state index in [2.05, 4.69) is 18.9 Å². The number of hydrogen-bond donors (Lipinski definition) is 1. The van der Waals surface area contributed by atoms with Gasteiger partial charge in [0.25, 0.3) is 5.91 Å². The lowest BCUT2D eigenvalue weighted by Gasteiger charge is -2.18. The summed E-state index contributed by atoms with van der Waals surface area (Å²) >= 11 is 0. The minimum atomic E-state index is -2.34. The quantitative estimate of drug-likeness (QED) is 0.899. The molecule has 1 N–H and O–H groups in total. The summed E-state index contributed by atoms with van der Waals surface area (Å²) in [6, 6.07) is 0. The molecule has 0 bridgehead atoms. The molecule has 1 fully saturated rings. The number of likely N-dealkylation sites (tertiary alicyclic amines) is 1. The molecule has 1 aromatic rings. The Kier molecular flexibility index (Phi) is 4.53. The number of hydrogen-bond acceptors (Lipinski definition) is 3. The van der Waals surface area contributed by atoms with Crippen LogP contribution in [0.15, 0.2) is 6.20 Å². The molecule has 6 nitrogen and oxygen atoms in total. The number of amides is 1. The van der Waals surface area contributed by atoms with Crippen molar-refractivity contribution in [2.45, 2.75) is 45.8 Å². The average molecular weight is 311 g/mol. The van der Waals surface area contributed by atoms with E-state index in [0.29, 0.717) is 24.4 Å². The predicted octanol–water partition coefficient (Wildman–Crippen LogP) is 1.74. The van der Waals surface area contributed by atoms with Gasteiger partial charge in [-0.05, 0) is 12.3 Å². The normalized spacial score (nSPS) is 21.6. The Labute approximate surface area is 128 Å². The third kappa shape index (κ3) is 2.98. The Bertz CT molecular complexity index is 585. The number of aliphatic carboxylic acids is 1. The molecule has 122 valence electrons. The van der Waals surface area contributed by atoms with Gasteiger partial charge in [-0.25, -0.2) is 9.18 Å². The zero-order chi connectivity index (χ0) is 16.5. The van der Waals surface area contributed by atoms with Crippen LogP contribution in [-0.4, -0.2) is 50.4 Å². The predicted molar refractivity (Wildman–Crippen MR) is 78.4 cm³/mol. The van der Waals surface area contributed by atoms with Crippen molar-refractivity contribution in [2.24, 2.45) is 5.92 Å². The summed E-state index contributed by atoms with van der Waals surface area (Å²) in [7, 11) is 0. The number of carbonyl (C=O) groups is 2. The maximum absolute atomic E-state index is 14.1. The van der Waals surface area contributed by atoms with Crippen LogP contribution in [0.3, 0.4) is 0 Å². The fraction of sp³-hybridized carbons (Fsp3) is 0.667. The Hall–Kier alpha value is -1.92. The molecule has 2 heterocycles. The molecule has 0 aromatic carbocycles. The van der Waals surface area contributed by atoms with Gasteiger partial charge in [-0.2, -0.15) is 5.10 Å². The largest absolute Gasteiger partial charge is 0.479 e. The monoisotopic (exact) mass is 311 g/mol. The van der Waals surface area contributed by atoms with E-state index < -0.39 is 18.2 Å². The summed E-state index contributed by atoms with van der Waals surface area (Å²) < 4.78 is 15.9. The molecular weight excluding hydrogens is 289 g/mol. The van der Waals surface area contributed by atoms with Gasteiger partial charge in [0.05, 0.1) is 24.0 Å². The van der Waals surface area contributed by atoms with Gasteiger partial charge in [0.1, 0.15) is 0 Å². The average Bonchev–Trinajstić information content (AvgIpc) is 3.02. The van der Waals surface area contributed by atoms with Gasteiger partial charge in [-0.15, -0.1) is 0 Å². The second-order valence-corrected chi connectivity index (χ2v) is 6.18. The van der Waals surface area contributed by atoms with Gasteiger partial charge >= 0.3 is 5.97 Å². The molecule has 1 atom stereocenters. The summed E-state index contributed by atoms with van der Waals surface area (Å²) in [4.78, 5) is 24.8. The lowest BCUT2D eigenvalue weighted by atomic mass is 10.1. The molecule has 22 heavy (non-hydrogen) atoms. The van der Waals surface area contributed by atoms with Crippen molar-refractivity contribution < 1.29 is 19.1 Å². The Morgan fingerprint density at radius 2 is 2.18 bits per heavy atom. The second-order valence-electron chi connectivity index (χ2n) is 6.18. The first-order valence-electron chi connectivity index (χ1n) is 7.54. The zero-order valence-electron chi connectivity index (χ0n) is 13.2. The Morgan fingerprint density at radius 3 is 2.68 bits per heavy atom. The maximum Gasteiger partial charge on any atom is 0.343 e. The highest BCUT2D eigenvalue weighted by molar-refractivity contribution is 5.96.